The van der Waals surface area contributed by atoms with Crippen molar-refractivity contribution in [2.45, 2.75) is 18.4 Å². The van der Waals surface area contributed by atoms with Crippen molar-refractivity contribution < 1.29 is 29.0 Å². The maximum absolute atomic E-state index is 13.0. The normalized spacial score (nSPS) is 12.8. The molecule has 5 aromatic carbocycles. The number of carbonyl (C=O) groups is 3. The van der Waals surface area contributed by atoms with Crippen molar-refractivity contribution in [3.63, 3.8) is 0 Å². The number of hydrogen-bond donors (Lipinski definition) is 3. The number of carbonyl (C=O) groups excluding carboxylic acids is 2. The number of alkyl carbamates (subject to hydrolysis) is 1. The number of carboxylic acids is 1. The molecule has 0 radical (unpaired) electrons. The van der Waals surface area contributed by atoms with E-state index in [4.69, 9.17) is 9.47 Å². The minimum absolute atomic E-state index is 0.0161. The number of benzene rings is 5. The Morgan fingerprint density at radius 3 is 1.48 bits per heavy atom. The van der Waals surface area contributed by atoms with Crippen LogP contribution in [-0.2, 0) is 16.0 Å². The van der Waals surface area contributed by atoms with E-state index in [0.29, 0.717) is 11.3 Å². The number of nitrogens with one attached hydrogen (secondary N) is 2. The number of carboxylic acid groups (broad SMARTS) is 1. The van der Waals surface area contributed by atoms with Crippen LogP contribution >= 0.6 is 0 Å². The minimum atomic E-state index is -1.13. The lowest BCUT2D eigenvalue weighted by Crippen LogP contribution is -2.26. The summed E-state index contributed by atoms with van der Waals surface area (Å²) < 4.78 is 11.3. The lowest BCUT2D eigenvalue weighted by atomic mass is 9.98. The molecule has 0 saturated heterocycles. The number of hydrogen-bond acceptors (Lipinski definition) is 5. The lowest BCUT2D eigenvalue weighted by Gasteiger charge is -2.17. The number of anilines is 1. The Morgan fingerprint density at radius 2 is 1.02 bits per heavy atom. The van der Waals surface area contributed by atoms with Gasteiger partial charge in [-0.05, 0) is 68.3 Å². The third-order valence-electron chi connectivity index (χ3n) is 8.70. The van der Waals surface area contributed by atoms with Crippen LogP contribution in [0.15, 0.2) is 115 Å². The Kier molecular flexibility index (Phi) is 7.68. The van der Waals surface area contributed by atoms with E-state index >= 15 is 0 Å². The van der Waals surface area contributed by atoms with Gasteiger partial charge in [0.1, 0.15) is 13.2 Å². The van der Waals surface area contributed by atoms with Crippen LogP contribution in [0.5, 0.6) is 0 Å². The first-order chi connectivity index (χ1) is 22.5. The van der Waals surface area contributed by atoms with E-state index in [1.807, 2.05) is 72.8 Å². The molecule has 0 aliphatic heterocycles. The van der Waals surface area contributed by atoms with Crippen LogP contribution in [0.2, 0.25) is 0 Å². The van der Waals surface area contributed by atoms with Gasteiger partial charge in [-0.15, -0.1) is 0 Å². The summed E-state index contributed by atoms with van der Waals surface area (Å²) in [6.45, 7) is 0.192. The molecule has 3 N–H and O–H groups in total. The third-order valence-corrected chi connectivity index (χ3v) is 8.70. The van der Waals surface area contributed by atoms with Gasteiger partial charge in [0, 0.05) is 24.1 Å². The van der Waals surface area contributed by atoms with E-state index in [0.717, 1.165) is 44.5 Å². The number of aromatic carboxylic acids is 1. The predicted molar refractivity (Wildman–Crippen MR) is 174 cm³/mol. The van der Waals surface area contributed by atoms with E-state index in [1.165, 1.54) is 18.2 Å². The maximum Gasteiger partial charge on any atom is 0.411 e. The van der Waals surface area contributed by atoms with E-state index in [-0.39, 0.29) is 37.2 Å². The van der Waals surface area contributed by atoms with Crippen LogP contribution in [0.1, 0.15) is 50.0 Å². The Balaban J connectivity index is 1.00. The van der Waals surface area contributed by atoms with Crippen LogP contribution in [-0.4, -0.2) is 36.5 Å². The van der Waals surface area contributed by atoms with E-state index in [1.54, 1.807) is 0 Å². The fraction of sp³-hybridized carbons (Fsp3) is 0.132. The first-order valence-corrected chi connectivity index (χ1v) is 15.0. The van der Waals surface area contributed by atoms with Gasteiger partial charge in [-0.3, -0.25) is 5.32 Å². The van der Waals surface area contributed by atoms with Crippen LogP contribution < -0.4 is 10.6 Å². The Hall–Kier alpha value is -5.89. The molecule has 0 aromatic heterocycles. The van der Waals surface area contributed by atoms with Crippen molar-refractivity contribution >= 4 is 23.8 Å². The lowest BCUT2D eigenvalue weighted by molar-refractivity contribution is 0.0696. The van der Waals surface area contributed by atoms with Crippen molar-refractivity contribution in [3.05, 3.63) is 149 Å². The molecule has 0 bridgehead atoms. The molecule has 0 saturated carbocycles. The van der Waals surface area contributed by atoms with Crippen molar-refractivity contribution in [1.29, 1.82) is 0 Å². The van der Waals surface area contributed by atoms with Crippen molar-refractivity contribution in [3.8, 4) is 22.3 Å². The molecule has 228 valence electrons. The highest BCUT2D eigenvalue weighted by Gasteiger charge is 2.30. The minimum Gasteiger partial charge on any atom is -0.478 e. The van der Waals surface area contributed by atoms with Crippen LogP contribution in [0.3, 0.4) is 0 Å². The van der Waals surface area contributed by atoms with Gasteiger partial charge in [-0.1, -0.05) is 97.1 Å². The molecule has 2 amide bonds. The Morgan fingerprint density at radius 1 is 0.587 bits per heavy atom. The molecule has 0 heterocycles. The van der Waals surface area contributed by atoms with E-state index in [9.17, 15) is 19.5 Å². The second-order valence-electron chi connectivity index (χ2n) is 11.3. The second kappa shape index (κ2) is 12.2. The molecule has 2 aliphatic rings. The van der Waals surface area contributed by atoms with E-state index in [2.05, 4.69) is 34.9 Å². The number of rotatable bonds is 8. The highest BCUT2D eigenvalue weighted by molar-refractivity contribution is 5.91. The molecule has 8 heteroatoms. The summed E-state index contributed by atoms with van der Waals surface area (Å²) >= 11 is 0. The average molecular weight is 611 g/mol. The monoisotopic (exact) mass is 610 g/mol. The molecule has 8 nitrogen and oxygen atoms in total. The van der Waals surface area contributed by atoms with Gasteiger partial charge in [0.2, 0.25) is 0 Å². The number of fused-ring (bicyclic) bond motifs is 6. The molecule has 5 aromatic rings. The Labute approximate surface area is 265 Å². The smallest absolute Gasteiger partial charge is 0.411 e. The summed E-state index contributed by atoms with van der Waals surface area (Å²) in [4.78, 5) is 37.5. The van der Waals surface area contributed by atoms with Crippen molar-refractivity contribution in [2.75, 3.05) is 18.5 Å². The topological polar surface area (TPSA) is 114 Å². The molecule has 0 spiro atoms. The first kappa shape index (κ1) is 28.9. The molecule has 7 rings (SSSR count). The van der Waals surface area contributed by atoms with Gasteiger partial charge in [0.05, 0.1) is 5.56 Å². The van der Waals surface area contributed by atoms with Crippen molar-refractivity contribution in [2.24, 2.45) is 0 Å². The van der Waals surface area contributed by atoms with Gasteiger partial charge in [-0.2, -0.15) is 0 Å². The van der Waals surface area contributed by atoms with Gasteiger partial charge in [0.25, 0.3) is 0 Å². The zero-order valence-electron chi connectivity index (χ0n) is 24.7. The van der Waals surface area contributed by atoms with Gasteiger partial charge in [0.15, 0.2) is 0 Å². The van der Waals surface area contributed by atoms with Crippen molar-refractivity contribution in [1.82, 2.24) is 5.32 Å². The zero-order chi connectivity index (χ0) is 31.6. The number of ether oxygens (including phenoxy) is 2. The van der Waals surface area contributed by atoms with Gasteiger partial charge in [-0.25, -0.2) is 14.4 Å². The highest BCUT2D eigenvalue weighted by atomic mass is 16.6. The fourth-order valence-electron chi connectivity index (χ4n) is 6.56. The quantitative estimate of drug-likeness (QED) is 0.165. The fourth-order valence-corrected chi connectivity index (χ4v) is 6.56. The summed E-state index contributed by atoms with van der Waals surface area (Å²) in [7, 11) is 0. The van der Waals surface area contributed by atoms with Crippen LogP contribution in [0.4, 0.5) is 15.3 Å². The van der Waals surface area contributed by atoms with E-state index < -0.39 is 18.2 Å². The molecule has 46 heavy (non-hydrogen) atoms. The first-order valence-electron chi connectivity index (χ1n) is 15.0. The molecule has 0 fully saturated rings. The van der Waals surface area contributed by atoms with Gasteiger partial charge >= 0.3 is 18.2 Å². The maximum atomic E-state index is 13.0. The molecule has 0 unspecified atom stereocenters. The van der Waals surface area contributed by atoms with Gasteiger partial charge < -0.3 is 19.9 Å². The molecular formula is C38H30N2O6. The predicted octanol–water partition coefficient (Wildman–Crippen LogP) is 7.78. The SMILES string of the molecule is O=C(NCc1cc(C(=O)O)ccc1NC(=O)OCC1c2ccccc2-c2ccccc21)OCC1c2ccccc2-c2ccccc21. The highest BCUT2D eigenvalue weighted by Crippen LogP contribution is 2.45. The second-order valence-corrected chi connectivity index (χ2v) is 11.3. The zero-order valence-corrected chi connectivity index (χ0v) is 24.7. The average Bonchev–Trinajstić information content (AvgIpc) is 3.58. The standard InChI is InChI=1S/C38H30N2O6/c41-36(42)23-17-18-35(40-38(44)46-22-34-31-15-7-3-11-27(31)28-12-4-8-16-32(28)34)24(19-23)20-39-37(43)45-21-33-29-13-5-1-9-25(29)26-10-2-6-14-30(26)33/h1-19,33-34H,20-22H2,(H,39,43)(H,40,44)(H,41,42). The summed E-state index contributed by atoms with van der Waals surface area (Å²) in [5.74, 6) is -1.34. The van der Waals surface area contributed by atoms with Crippen LogP contribution in [0, 0.1) is 0 Å². The molecule has 2 aliphatic carbocycles. The Bertz CT molecular complexity index is 1900. The largest absolute Gasteiger partial charge is 0.478 e. The molecular weight excluding hydrogens is 580 g/mol. The van der Waals surface area contributed by atoms with Crippen LogP contribution in [0.25, 0.3) is 22.3 Å². The summed E-state index contributed by atoms with van der Waals surface area (Å²) in [6.07, 6.45) is -1.35. The summed E-state index contributed by atoms with van der Waals surface area (Å²) in [6, 6.07) is 36.5. The summed E-state index contributed by atoms with van der Waals surface area (Å²) in [5, 5.41) is 15.0. The molecule has 0 atom stereocenters. The summed E-state index contributed by atoms with van der Waals surface area (Å²) in [5.41, 5.74) is 9.61. The third kappa shape index (κ3) is 5.45. The number of amides is 2.